The van der Waals surface area contributed by atoms with E-state index in [2.05, 4.69) is 20.9 Å². The maximum atomic E-state index is 12.3. The fourth-order valence-corrected chi connectivity index (χ4v) is 2.13. The van der Waals surface area contributed by atoms with Gasteiger partial charge in [-0.2, -0.15) is 0 Å². The number of carbonyl (C=O) groups excluding carboxylic acids is 1. The SMILES string of the molecule is CC(C(=O)c1ccc(Br)c(Cl)c1)c1ccncc1. The van der Waals surface area contributed by atoms with E-state index in [4.69, 9.17) is 11.6 Å². The zero-order valence-electron chi connectivity index (χ0n) is 9.73. The molecule has 1 heterocycles. The van der Waals surface area contributed by atoms with E-state index in [0.29, 0.717) is 10.6 Å². The van der Waals surface area contributed by atoms with Crippen molar-refractivity contribution in [3.05, 3.63) is 63.3 Å². The smallest absolute Gasteiger partial charge is 0.170 e. The number of aromatic nitrogens is 1. The van der Waals surface area contributed by atoms with Gasteiger partial charge in [-0.3, -0.25) is 9.78 Å². The van der Waals surface area contributed by atoms with Gasteiger partial charge in [0.2, 0.25) is 0 Å². The van der Waals surface area contributed by atoms with Crippen LogP contribution in [0.3, 0.4) is 0 Å². The molecule has 0 aliphatic rings. The summed E-state index contributed by atoms with van der Waals surface area (Å²) in [6.07, 6.45) is 3.38. The number of Topliss-reactive ketones (excluding diaryl/α,β-unsaturated/α-hetero) is 1. The van der Waals surface area contributed by atoms with Crippen LogP contribution in [0.4, 0.5) is 0 Å². The van der Waals surface area contributed by atoms with Crippen molar-refractivity contribution >= 4 is 33.3 Å². The van der Waals surface area contributed by atoms with Gasteiger partial charge in [0.15, 0.2) is 5.78 Å². The maximum absolute atomic E-state index is 12.3. The van der Waals surface area contributed by atoms with E-state index in [0.717, 1.165) is 10.0 Å². The monoisotopic (exact) mass is 323 g/mol. The van der Waals surface area contributed by atoms with Gasteiger partial charge in [-0.15, -0.1) is 0 Å². The molecular formula is C14H11BrClNO. The standard InChI is InChI=1S/C14H11BrClNO/c1-9(10-4-6-17-7-5-10)14(18)11-2-3-12(15)13(16)8-11/h2-9H,1H3. The van der Waals surface area contributed by atoms with Crippen molar-refractivity contribution in [2.45, 2.75) is 12.8 Å². The van der Waals surface area contributed by atoms with Gasteiger partial charge in [-0.05, 0) is 45.8 Å². The number of hydrogen-bond donors (Lipinski definition) is 0. The zero-order chi connectivity index (χ0) is 13.1. The van der Waals surface area contributed by atoms with Crippen molar-refractivity contribution in [3.63, 3.8) is 0 Å². The van der Waals surface area contributed by atoms with E-state index in [1.807, 2.05) is 19.1 Å². The molecule has 18 heavy (non-hydrogen) atoms. The quantitative estimate of drug-likeness (QED) is 0.779. The van der Waals surface area contributed by atoms with E-state index < -0.39 is 0 Å². The second kappa shape index (κ2) is 5.63. The number of halogens is 2. The third-order valence-electron chi connectivity index (χ3n) is 2.80. The maximum Gasteiger partial charge on any atom is 0.170 e. The van der Waals surface area contributed by atoms with Crippen LogP contribution in [0.1, 0.15) is 28.8 Å². The summed E-state index contributed by atoms with van der Waals surface area (Å²) < 4.78 is 0.789. The average Bonchev–Trinajstić information content (AvgIpc) is 2.41. The van der Waals surface area contributed by atoms with E-state index >= 15 is 0 Å². The molecule has 0 spiro atoms. The Hall–Kier alpha value is -1.19. The summed E-state index contributed by atoms with van der Waals surface area (Å²) in [5.74, 6) is -0.152. The minimum Gasteiger partial charge on any atom is -0.294 e. The lowest BCUT2D eigenvalue weighted by molar-refractivity contribution is 0.0966. The molecule has 0 amide bonds. The van der Waals surface area contributed by atoms with Gasteiger partial charge in [-0.25, -0.2) is 0 Å². The Morgan fingerprint density at radius 1 is 1.28 bits per heavy atom. The molecule has 4 heteroatoms. The molecule has 2 rings (SSSR count). The fourth-order valence-electron chi connectivity index (χ4n) is 1.70. The second-order valence-corrected chi connectivity index (χ2v) is 5.26. The zero-order valence-corrected chi connectivity index (χ0v) is 12.1. The molecule has 0 bridgehead atoms. The molecule has 2 nitrogen and oxygen atoms in total. The van der Waals surface area contributed by atoms with Crippen molar-refractivity contribution < 1.29 is 4.79 Å². The van der Waals surface area contributed by atoms with Crippen LogP contribution in [0.2, 0.25) is 5.02 Å². The van der Waals surface area contributed by atoms with E-state index in [-0.39, 0.29) is 11.7 Å². The van der Waals surface area contributed by atoms with Crippen molar-refractivity contribution in [2.75, 3.05) is 0 Å². The largest absolute Gasteiger partial charge is 0.294 e. The van der Waals surface area contributed by atoms with Crippen LogP contribution in [-0.2, 0) is 0 Å². The highest BCUT2D eigenvalue weighted by atomic mass is 79.9. The lowest BCUT2D eigenvalue weighted by Gasteiger charge is -2.11. The van der Waals surface area contributed by atoms with Crippen LogP contribution in [0.15, 0.2) is 47.2 Å². The Balaban J connectivity index is 2.29. The van der Waals surface area contributed by atoms with Crippen LogP contribution < -0.4 is 0 Å². The molecule has 0 radical (unpaired) electrons. The van der Waals surface area contributed by atoms with E-state index in [1.165, 1.54) is 0 Å². The summed E-state index contributed by atoms with van der Waals surface area (Å²) in [5.41, 5.74) is 1.57. The highest BCUT2D eigenvalue weighted by molar-refractivity contribution is 9.10. The lowest BCUT2D eigenvalue weighted by Crippen LogP contribution is -2.09. The normalized spacial score (nSPS) is 12.2. The number of nitrogens with zero attached hydrogens (tertiary/aromatic N) is 1. The summed E-state index contributed by atoms with van der Waals surface area (Å²) >= 11 is 9.31. The fraction of sp³-hybridized carbons (Fsp3) is 0.143. The van der Waals surface area contributed by atoms with Gasteiger partial charge in [0, 0.05) is 28.3 Å². The Bertz CT molecular complexity index is 571. The second-order valence-electron chi connectivity index (χ2n) is 4.00. The lowest BCUT2D eigenvalue weighted by atomic mass is 9.93. The molecular weight excluding hydrogens is 314 g/mol. The van der Waals surface area contributed by atoms with Gasteiger partial charge < -0.3 is 0 Å². The molecule has 1 aromatic carbocycles. The van der Waals surface area contributed by atoms with Crippen molar-refractivity contribution in [3.8, 4) is 0 Å². The number of benzene rings is 1. The molecule has 92 valence electrons. The van der Waals surface area contributed by atoms with Crippen molar-refractivity contribution in [1.29, 1.82) is 0 Å². The Morgan fingerprint density at radius 2 is 1.94 bits per heavy atom. The minimum atomic E-state index is -0.203. The highest BCUT2D eigenvalue weighted by Gasteiger charge is 2.17. The van der Waals surface area contributed by atoms with Crippen LogP contribution in [0, 0.1) is 0 Å². The molecule has 0 saturated heterocycles. The molecule has 2 aromatic rings. The van der Waals surface area contributed by atoms with Gasteiger partial charge in [-0.1, -0.05) is 24.6 Å². The van der Waals surface area contributed by atoms with E-state index in [9.17, 15) is 4.79 Å². The highest BCUT2D eigenvalue weighted by Crippen LogP contribution is 2.26. The number of hydrogen-bond acceptors (Lipinski definition) is 2. The predicted octanol–water partition coefficient (Wildman–Crippen LogP) is 4.48. The molecule has 0 fully saturated rings. The van der Waals surface area contributed by atoms with Crippen LogP contribution >= 0.6 is 27.5 Å². The van der Waals surface area contributed by atoms with Gasteiger partial charge >= 0.3 is 0 Å². The number of pyridine rings is 1. The molecule has 0 aliphatic carbocycles. The first-order valence-electron chi connectivity index (χ1n) is 5.49. The Labute approximate surface area is 119 Å². The number of ketones is 1. The average molecular weight is 325 g/mol. The first-order valence-corrected chi connectivity index (χ1v) is 6.66. The van der Waals surface area contributed by atoms with Crippen molar-refractivity contribution in [2.24, 2.45) is 0 Å². The Morgan fingerprint density at radius 3 is 2.56 bits per heavy atom. The Kier molecular flexibility index (Phi) is 4.15. The topological polar surface area (TPSA) is 30.0 Å². The molecule has 1 unspecified atom stereocenters. The van der Waals surface area contributed by atoms with Gasteiger partial charge in [0.05, 0.1) is 5.02 Å². The first-order chi connectivity index (χ1) is 8.59. The first kappa shape index (κ1) is 13.2. The number of rotatable bonds is 3. The number of carbonyl (C=O) groups is 1. The summed E-state index contributed by atoms with van der Waals surface area (Å²) in [6.45, 7) is 1.88. The molecule has 1 atom stereocenters. The van der Waals surface area contributed by atoms with Crippen LogP contribution in [0.25, 0.3) is 0 Å². The summed E-state index contributed by atoms with van der Waals surface area (Å²) in [7, 11) is 0. The molecule has 0 saturated carbocycles. The van der Waals surface area contributed by atoms with Gasteiger partial charge in [0.1, 0.15) is 0 Å². The minimum absolute atomic E-state index is 0.0515. The predicted molar refractivity (Wildman–Crippen MR) is 76.1 cm³/mol. The molecule has 1 aromatic heterocycles. The summed E-state index contributed by atoms with van der Waals surface area (Å²) in [6, 6.07) is 8.95. The van der Waals surface area contributed by atoms with Crippen LogP contribution in [-0.4, -0.2) is 10.8 Å². The summed E-state index contributed by atoms with van der Waals surface area (Å²) in [5, 5.41) is 0.544. The van der Waals surface area contributed by atoms with E-state index in [1.54, 1.807) is 30.6 Å². The third kappa shape index (κ3) is 2.79. The molecule has 0 N–H and O–H groups in total. The summed E-state index contributed by atoms with van der Waals surface area (Å²) in [4.78, 5) is 16.3. The van der Waals surface area contributed by atoms with Crippen LogP contribution in [0.5, 0.6) is 0 Å². The molecule has 0 aliphatic heterocycles. The third-order valence-corrected chi connectivity index (χ3v) is 4.04. The van der Waals surface area contributed by atoms with Crippen molar-refractivity contribution in [1.82, 2.24) is 4.98 Å². The van der Waals surface area contributed by atoms with Gasteiger partial charge in [0.25, 0.3) is 0 Å².